The summed E-state index contributed by atoms with van der Waals surface area (Å²) in [4.78, 5) is 12.7. The second-order valence-corrected chi connectivity index (χ2v) is 7.76. The quantitative estimate of drug-likeness (QED) is 0.250. The van der Waals surface area contributed by atoms with Crippen molar-refractivity contribution in [3.63, 3.8) is 0 Å². The van der Waals surface area contributed by atoms with E-state index in [1.807, 2.05) is 13.8 Å². The van der Waals surface area contributed by atoms with Gasteiger partial charge in [0.1, 0.15) is 6.04 Å². The van der Waals surface area contributed by atoms with E-state index in [0.717, 1.165) is 37.5 Å². The summed E-state index contributed by atoms with van der Waals surface area (Å²) in [5, 5.41) is 6.49. The maximum atomic E-state index is 12.9. The van der Waals surface area contributed by atoms with E-state index >= 15 is 0 Å². The summed E-state index contributed by atoms with van der Waals surface area (Å²) in [5.41, 5.74) is 1.07. The highest BCUT2D eigenvalue weighted by Crippen LogP contribution is 2.25. The van der Waals surface area contributed by atoms with Gasteiger partial charge in [0.15, 0.2) is 5.96 Å². The maximum Gasteiger partial charge on any atom is 0.403 e. The number of hydrogen-bond donors (Lipinski definition) is 1. The van der Waals surface area contributed by atoms with Crippen LogP contribution in [0.25, 0.3) is 0 Å². The van der Waals surface area contributed by atoms with Gasteiger partial charge in [0.25, 0.3) is 0 Å². The van der Waals surface area contributed by atoms with E-state index in [9.17, 15) is 13.2 Å². The molecule has 0 saturated carbocycles. The topological polar surface area (TPSA) is 43.8 Å². The fourth-order valence-corrected chi connectivity index (χ4v) is 3.86. The number of nitrogens with zero attached hydrogens (tertiary/aromatic N) is 4. The Hall–Kier alpha value is -0.620. The molecule has 5 nitrogen and oxygen atoms in total. The van der Waals surface area contributed by atoms with Gasteiger partial charge in [-0.1, -0.05) is 0 Å². The highest BCUT2D eigenvalue weighted by Gasteiger charge is 2.41. The summed E-state index contributed by atoms with van der Waals surface area (Å²) in [5.74, 6) is 0.807. The van der Waals surface area contributed by atoms with Crippen LogP contribution < -0.4 is 5.32 Å². The molecule has 1 aliphatic heterocycles. The van der Waals surface area contributed by atoms with Gasteiger partial charge in [-0.3, -0.25) is 9.89 Å². The molecular formula is C18H31F3IN5S. The summed E-state index contributed by atoms with van der Waals surface area (Å²) in [6.07, 6.45) is -1.19. The van der Waals surface area contributed by atoms with E-state index in [4.69, 9.17) is 0 Å². The van der Waals surface area contributed by atoms with Crippen LogP contribution in [0.4, 0.5) is 13.2 Å². The van der Waals surface area contributed by atoms with Crippen molar-refractivity contribution < 1.29 is 13.2 Å². The van der Waals surface area contributed by atoms with Crippen LogP contribution in [0.3, 0.4) is 0 Å². The monoisotopic (exact) mass is 533 g/mol. The fourth-order valence-electron chi connectivity index (χ4n) is 3.04. The minimum absolute atomic E-state index is 0. The van der Waals surface area contributed by atoms with Crippen molar-refractivity contribution >= 4 is 41.3 Å². The Kier molecular flexibility index (Phi) is 11.0. The van der Waals surface area contributed by atoms with Gasteiger partial charge in [-0.2, -0.15) is 13.2 Å². The third-order valence-corrected chi connectivity index (χ3v) is 5.72. The molecule has 1 unspecified atom stereocenters. The maximum absolute atomic E-state index is 12.9. The number of aromatic nitrogens is 1. The summed E-state index contributed by atoms with van der Waals surface area (Å²) in [6, 6.07) is -1.39. The van der Waals surface area contributed by atoms with E-state index in [1.165, 1.54) is 16.8 Å². The number of piperazine rings is 1. The zero-order valence-electron chi connectivity index (χ0n) is 16.8. The predicted molar refractivity (Wildman–Crippen MR) is 120 cm³/mol. The van der Waals surface area contributed by atoms with E-state index in [0.29, 0.717) is 32.7 Å². The van der Waals surface area contributed by atoms with Gasteiger partial charge in [-0.25, -0.2) is 4.98 Å². The molecule has 0 radical (unpaired) electrons. The van der Waals surface area contributed by atoms with Gasteiger partial charge in [-0.15, -0.1) is 35.3 Å². The first-order chi connectivity index (χ1) is 12.8. The van der Waals surface area contributed by atoms with Gasteiger partial charge in [0.2, 0.25) is 0 Å². The molecule has 1 aliphatic rings. The molecule has 1 saturated heterocycles. The third kappa shape index (κ3) is 8.02. The Balaban J connectivity index is 0.00000392. The largest absolute Gasteiger partial charge is 0.403 e. The first-order valence-corrected chi connectivity index (χ1v) is 10.4. The minimum Gasteiger partial charge on any atom is -0.357 e. The van der Waals surface area contributed by atoms with Crippen LogP contribution >= 0.6 is 35.3 Å². The molecule has 162 valence electrons. The van der Waals surface area contributed by atoms with Crippen LogP contribution in [0.2, 0.25) is 0 Å². The molecule has 1 atom stereocenters. The van der Waals surface area contributed by atoms with E-state index in [2.05, 4.69) is 25.6 Å². The number of hydrogen-bond acceptors (Lipinski definition) is 4. The number of alkyl halides is 3. The lowest BCUT2D eigenvalue weighted by Crippen LogP contribution is -2.56. The minimum atomic E-state index is -4.17. The third-order valence-electron chi connectivity index (χ3n) is 4.70. The highest BCUT2D eigenvalue weighted by molar-refractivity contribution is 14.0. The molecule has 10 heteroatoms. The Morgan fingerprint density at radius 1 is 1.29 bits per heavy atom. The Labute approximate surface area is 186 Å². The van der Waals surface area contributed by atoms with Crippen LogP contribution in [0.15, 0.2) is 10.4 Å². The average molecular weight is 533 g/mol. The lowest BCUT2D eigenvalue weighted by molar-refractivity contribution is -0.181. The normalized spacial score (nSPS) is 17.4. The standard InChI is InChI=1S/C18H30F3N5S.HI/c1-4-22-17(23-8-6-5-7-16-24-14(2)13-27-16)26-11-9-25(10-12-26)15(3)18(19,20)21;/h13,15H,4-12H2,1-3H3,(H,22,23);1H. The van der Waals surface area contributed by atoms with Crippen molar-refractivity contribution in [2.75, 3.05) is 39.3 Å². The lowest BCUT2D eigenvalue weighted by Gasteiger charge is -2.39. The molecule has 2 rings (SSSR count). The molecule has 0 spiro atoms. The van der Waals surface area contributed by atoms with Crippen molar-refractivity contribution in [3.8, 4) is 0 Å². The van der Waals surface area contributed by atoms with Crippen molar-refractivity contribution in [1.82, 2.24) is 20.1 Å². The summed E-state index contributed by atoms with van der Waals surface area (Å²) in [6.45, 7) is 8.61. The zero-order chi connectivity index (χ0) is 19.9. The number of nitrogens with one attached hydrogen (secondary N) is 1. The molecule has 2 heterocycles. The lowest BCUT2D eigenvalue weighted by atomic mass is 10.2. The average Bonchev–Trinajstić information content (AvgIpc) is 3.04. The number of thiazole rings is 1. The SMILES string of the molecule is CCNC(=NCCCCc1nc(C)cs1)N1CCN(C(C)C(F)(F)F)CC1.I. The Morgan fingerprint density at radius 3 is 2.50 bits per heavy atom. The van der Waals surface area contributed by atoms with E-state index in [-0.39, 0.29) is 24.0 Å². The van der Waals surface area contributed by atoms with E-state index < -0.39 is 12.2 Å². The summed E-state index contributed by atoms with van der Waals surface area (Å²) in [7, 11) is 0. The van der Waals surface area contributed by atoms with Gasteiger partial charge >= 0.3 is 6.18 Å². The molecule has 1 aromatic rings. The summed E-state index contributed by atoms with van der Waals surface area (Å²) >= 11 is 1.70. The van der Waals surface area contributed by atoms with Crippen LogP contribution in [0, 0.1) is 6.92 Å². The summed E-state index contributed by atoms with van der Waals surface area (Å²) < 4.78 is 38.6. The number of guanidine groups is 1. The molecular weight excluding hydrogens is 502 g/mol. The molecule has 0 aromatic carbocycles. The van der Waals surface area contributed by atoms with Crippen molar-refractivity contribution in [2.45, 2.75) is 52.3 Å². The smallest absolute Gasteiger partial charge is 0.357 e. The molecule has 0 bridgehead atoms. The van der Waals surface area contributed by atoms with Crippen molar-refractivity contribution in [2.24, 2.45) is 4.99 Å². The van der Waals surface area contributed by atoms with Gasteiger partial charge < -0.3 is 10.2 Å². The zero-order valence-corrected chi connectivity index (χ0v) is 19.9. The fraction of sp³-hybridized carbons (Fsp3) is 0.778. The molecule has 28 heavy (non-hydrogen) atoms. The van der Waals surface area contributed by atoms with Gasteiger partial charge in [0.05, 0.1) is 5.01 Å². The first-order valence-electron chi connectivity index (χ1n) is 9.56. The van der Waals surface area contributed by atoms with Gasteiger partial charge in [0, 0.05) is 50.3 Å². The second kappa shape index (κ2) is 12.2. The van der Waals surface area contributed by atoms with Crippen molar-refractivity contribution in [3.05, 3.63) is 16.1 Å². The van der Waals surface area contributed by atoms with Crippen LogP contribution in [0.1, 0.15) is 37.4 Å². The molecule has 0 amide bonds. The number of halogens is 4. The van der Waals surface area contributed by atoms with Crippen molar-refractivity contribution in [1.29, 1.82) is 0 Å². The molecule has 1 aromatic heterocycles. The van der Waals surface area contributed by atoms with Crippen LogP contribution in [-0.4, -0.2) is 72.2 Å². The number of aliphatic imine (C=N–C) groups is 1. The highest BCUT2D eigenvalue weighted by atomic mass is 127. The number of unbranched alkanes of at least 4 members (excludes halogenated alkanes) is 1. The van der Waals surface area contributed by atoms with Crippen LogP contribution in [0.5, 0.6) is 0 Å². The number of aryl methyl sites for hydroxylation is 2. The molecule has 0 aliphatic carbocycles. The Morgan fingerprint density at radius 2 is 1.96 bits per heavy atom. The van der Waals surface area contributed by atoms with Crippen LogP contribution in [-0.2, 0) is 6.42 Å². The number of rotatable bonds is 7. The van der Waals surface area contributed by atoms with Gasteiger partial charge in [-0.05, 0) is 40.0 Å². The molecule has 1 fully saturated rings. The molecule has 1 N–H and O–H groups in total. The second-order valence-electron chi connectivity index (χ2n) is 6.82. The first kappa shape index (κ1) is 25.4. The van der Waals surface area contributed by atoms with E-state index in [1.54, 1.807) is 11.3 Å². The Bertz CT molecular complexity index is 600. The predicted octanol–water partition coefficient (Wildman–Crippen LogP) is 3.93.